The van der Waals surface area contributed by atoms with Crippen molar-refractivity contribution in [2.45, 2.75) is 39.4 Å². The average molecular weight is 241 g/mol. The summed E-state index contributed by atoms with van der Waals surface area (Å²) in [4.78, 5) is 6.96. The minimum Gasteiger partial charge on any atom is -0.393 e. The summed E-state index contributed by atoms with van der Waals surface area (Å²) in [5.41, 5.74) is 5.53. The van der Waals surface area contributed by atoms with Crippen molar-refractivity contribution >= 4 is 17.2 Å². The molecule has 0 amide bonds. The lowest BCUT2D eigenvalue weighted by atomic mass is 10.2. The van der Waals surface area contributed by atoms with Crippen molar-refractivity contribution in [1.82, 2.24) is 19.7 Å². The number of aryl methyl sites for hydroxylation is 1. The van der Waals surface area contributed by atoms with Gasteiger partial charge in [0.15, 0.2) is 0 Å². The van der Waals surface area contributed by atoms with Crippen molar-refractivity contribution in [3.63, 3.8) is 0 Å². The van der Waals surface area contributed by atoms with E-state index in [0.717, 1.165) is 25.3 Å². The summed E-state index contributed by atoms with van der Waals surface area (Å²) in [6.45, 7) is 5.76. The van der Waals surface area contributed by atoms with E-state index in [1.54, 1.807) is 6.33 Å². The lowest BCUT2D eigenvalue weighted by Gasteiger charge is -2.23. The van der Waals surface area contributed by atoms with Gasteiger partial charge < -0.3 is 5.73 Å². The third-order valence-corrected chi connectivity index (χ3v) is 2.80. The first-order valence-corrected chi connectivity index (χ1v) is 5.80. The summed E-state index contributed by atoms with van der Waals surface area (Å²) in [5, 5.41) is 4.14. The van der Waals surface area contributed by atoms with E-state index in [0.29, 0.717) is 11.0 Å². The third kappa shape index (κ3) is 3.53. The monoisotopic (exact) mass is 241 g/mol. The molecule has 0 aromatic carbocycles. The Morgan fingerprint density at radius 1 is 1.69 bits per heavy atom. The zero-order chi connectivity index (χ0) is 12.1. The van der Waals surface area contributed by atoms with Gasteiger partial charge in [-0.05, 0) is 20.9 Å². The van der Waals surface area contributed by atoms with E-state index >= 15 is 0 Å². The van der Waals surface area contributed by atoms with Gasteiger partial charge in [0.1, 0.15) is 12.2 Å². The Morgan fingerprint density at radius 3 is 2.94 bits per heavy atom. The predicted octanol–water partition coefficient (Wildman–Crippen LogP) is 0.794. The first-order valence-electron chi connectivity index (χ1n) is 5.39. The summed E-state index contributed by atoms with van der Waals surface area (Å²) in [6, 6.07) is 0.319. The Balaban J connectivity index is 2.56. The lowest BCUT2D eigenvalue weighted by molar-refractivity contribution is 0.244. The lowest BCUT2D eigenvalue weighted by Crippen LogP contribution is -2.33. The molecule has 0 fully saturated rings. The second-order valence-corrected chi connectivity index (χ2v) is 4.45. The molecule has 0 bridgehead atoms. The molecule has 1 atom stereocenters. The minimum atomic E-state index is 0.319. The molecule has 2 N–H and O–H groups in total. The quantitative estimate of drug-likeness (QED) is 0.746. The molecular weight excluding hydrogens is 222 g/mol. The van der Waals surface area contributed by atoms with Gasteiger partial charge in [-0.1, -0.05) is 12.2 Å². The average Bonchev–Trinajstić information content (AvgIpc) is 2.64. The van der Waals surface area contributed by atoms with Crippen LogP contribution in [-0.2, 0) is 13.1 Å². The standard InChI is InChI=1S/C10H19N5S/c1-4-15-10(12-7-13-15)6-14(3)8(2)5-9(11)16/h7-8H,4-6H2,1-3H3,(H2,11,16). The molecule has 0 saturated heterocycles. The molecular formula is C10H19N5S. The molecule has 0 saturated carbocycles. The summed E-state index contributed by atoms with van der Waals surface area (Å²) in [6.07, 6.45) is 2.32. The maximum absolute atomic E-state index is 5.53. The molecule has 1 aromatic rings. The largest absolute Gasteiger partial charge is 0.393 e. The van der Waals surface area contributed by atoms with Gasteiger partial charge in [-0.3, -0.25) is 4.90 Å². The van der Waals surface area contributed by atoms with E-state index in [1.165, 1.54) is 0 Å². The van der Waals surface area contributed by atoms with Crippen LogP contribution in [0.3, 0.4) is 0 Å². The highest BCUT2D eigenvalue weighted by atomic mass is 32.1. The van der Waals surface area contributed by atoms with E-state index in [-0.39, 0.29) is 0 Å². The van der Waals surface area contributed by atoms with Crippen LogP contribution in [0.4, 0.5) is 0 Å². The van der Waals surface area contributed by atoms with Crippen LogP contribution in [0.1, 0.15) is 26.1 Å². The Hall–Kier alpha value is -1.01. The molecule has 0 aliphatic heterocycles. The minimum absolute atomic E-state index is 0.319. The fourth-order valence-electron chi connectivity index (χ4n) is 1.50. The van der Waals surface area contributed by atoms with E-state index in [4.69, 9.17) is 18.0 Å². The third-order valence-electron chi connectivity index (χ3n) is 2.64. The predicted molar refractivity (Wildman–Crippen MR) is 68.0 cm³/mol. The first kappa shape index (κ1) is 13.1. The van der Waals surface area contributed by atoms with Crippen LogP contribution in [0.15, 0.2) is 6.33 Å². The normalized spacial score (nSPS) is 13.0. The Morgan fingerprint density at radius 2 is 2.38 bits per heavy atom. The van der Waals surface area contributed by atoms with Crippen molar-refractivity contribution in [2.24, 2.45) is 5.73 Å². The van der Waals surface area contributed by atoms with Crippen molar-refractivity contribution in [1.29, 1.82) is 0 Å². The Labute approximate surface area is 102 Å². The molecule has 16 heavy (non-hydrogen) atoms. The van der Waals surface area contributed by atoms with Crippen molar-refractivity contribution in [3.8, 4) is 0 Å². The molecule has 1 rings (SSSR count). The first-order chi connectivity index (χ1) is 7.54. The molecule has 0 spiro atoms. The van der Waals surface area contributed by atoms with Crippen LogP contribution in [0.25, 0.3) is 0 Å². The van der Waals surface area contributed by atoms with Gasteiger partial charge >= 0.3 is 0 Å². The molecule has 1 aromatic heterocycles. The van der Waals surface area contributed by atoms with Crippen LogP contribution >= 0.6 is 12.2 Å². The maximum Gasteiger partial charge on any atom is 0.140 e. The molecule has 1 heterocycles. The van der Waals surface area contributed by atoms with E-state index in [9.17, 15) is 0 Å². The summed E-state index contributed by atoms with van der Waals surface area (Å²) >= 11 is 4.91. The van der Waals surface area contributed by atoms with Gasteiger partial charge in [0.25, 0.3) is 0 Å². The van der Waals surface area contributed by atoms with Gasteiger partial charge in [0.2, 0.25) is 0 Å². The van der Waals surface area contributed by atoms with Crippen molar-refractivity contribution < 1.29 is 0 Å². The summed E-state index contributed by atoms with van der Waals surface area (Å²) in [7, 11) is 2.04. The Kier molecular flexibility index (Phi) is 4.82. The molecule has 0 aliphatic carbocycles. The molecule has 6 heteroatoms. The number of nitrogens with two attached hydrogens (primary N) is 1. The van der Waals surface area contributed by atoms with Gasteiger partial charge in [-0.25, -0.2) is 9.67 Å². The van der Waals surface area contributed by atoms with Gasteiger partial charge in [0.05, 0.1) is 11.5 Å². The van der Waals surface area contributed by atoms with Crippen LogP contribution in [0.5, 0.6) is 0 Å². The van der Waals surface area contributed by atoms with Crippen LogP contribution in [-0.4, -0.2) is 37.7 Å². The summed E-state index contributed by atoms with van der Waals surface area (Å²) in [5.74, 6) is 0.972. The Bertz CT molecular complexity index is 349. The van der Waals surface area contributed by atoms with Gasteiger partial charge in [-0.15, -0.1) is 0 Å². The number of rotatable bonds is 6. The zero-order valence-electron chi connectivity index (χ0n) is 10.1. The smallest absolute Gasteiger partial charge is 0.140 e. The van der Waals surface area contributed by atoms with Crippen LogP contribution < -0.4 is 5.73 Å². The van der Waals surface area contributed by atoms with Crippen molar-refractivity contribution in [3.05, 3.63) is 12.2 Å². The SMILES string of the molecule is CCn1ncnc1CN(C)C(C)CC(N)=S. The summed E-state index contributed by atoms with van der Waals surface area (Å²) < 4.78 is 1.89. The number of thiocarbonyl (C=S) groups is 1. The second-order valence-electron chi connectivity index (χ2n) is 3.93. The molecule has 5 nitrogen and oxygen atoms in total. The second kappa shape index (κ2) is 5.91. The topological polar surface area (TPSA) is 60.0 Å². The van der Waals surface area contributed by atoms with Crippen molar-refractivity contribution in [2.75, 3.05) is 7.05 Å². The number of hydrogen-bond acceptors (Lipinski definition) is 4. The molecule has 1 unspecified atom stereocenters. The highest BCUT2D eigenvalue weighted by Crippen LogP contribution is 2.06. The zero-order valence-corrected chi connectivity index (χ0v) is 10.9. The van der Waals surface area contributed by atoms with Crippen LogP contribution in [0, 0.1) is 0 Å². The molecule has 0 aliphatic rings. The number of hydrogen-bond donors (Lipinski definition) is 1. The van der Waals surface area contributed by atoms with Gasteiger partial charge in [-0.2, -0.15) is 5.10 Å². The highest BCUT2D eigenvalue weighted by Gasteiger charge is 2.13. The fraction of sp³-hybridized carbons (Fsp3) is 0.700. The van der Waals surface area contributed by atoms with E-state index in [2.05, 4.69) is 28.8 Å². The van der Waals surface area contributed by atoms with Crippen LogP contribution in [0.2, 0.25) is 0 Å². The maximum atomic E-state index is 5.53. The highest BCUT2D eigenvalue weighted by molar-refractivity contribution is 7.80. The van der Waals surface area contributed by atoms with E-state index in [1.807, 2.05) is 11.7 Å². The van der Waals surface area contributed by atoms with Gasteiger partial charge in [0, 0.05) is 19.0 Å². The van der Waals surface area contributed by atoms with E-state index < -0.39 is 0 Å². The molecule has 0 radical (unpaired) electrons. The molecule has 90 valence electrons. The number of nitrogens with zero attached hydrogens (tertiary/aromatic N) is 4. The fourth-order valence-corrected chi connectivity index (χ4v) is 1.74. The number of aromatic nitrogens is 3.